The number of nitrogens with one attached hydrogen (secondary N) is 2. The first kappa shape index (κ1) is 36.1. The van der Waals surface area contributed by atoms with Crippen LogP contribution in [-0.4, -0.2) is 88.3 Å². The number of ketones is 1. The average molecular weight is 768 g/mol. The van der Waals surface area contributed by atoms with Gasteiger partial charge in [0.25, 0.3) is 17.3 Å². The summed E-state index contributed by atoms with van der Waals surface area (Å²) in [6.45, 7) is 0.0419. The highest BCUT2D eigenvalue weighted by molar-refractivity contribution is 6.16. The number of nitrogens with zero attached hydrogens (tertiary/aromatic N) is 5. The lowest BCUT2D eigenvalue weighted by atomic mass is 9.56. The highest BCUT2D eigenvalue weighted by Crippen LogP contribution is 2.65. The summed E-state index contributed by atoms with van der Waals surface area (Å²) in [5.41, 5.74) is -2.09. The zero-order valence-corrected chi connectivity index (χ0v) is 31.0. The SMILES string of the molecule is CN1CC[C@@H](C(=O)N2C/C(=C\c3cccc([N+](=O)[O-])c3)C(=O)[C@@]3(C2)[C@H](c2cccc([N+](=O)[O-])c2)CN(C)[C@]32C(=O)Nc3ccccc32)[C@@]12C(=O)Nc1ccccc12. The van der Waals surface area contributed by atoms with Crippen molar-refractivity contribution in [2.75, 3.05) is 50.9 Å². The molecule has 288 valence electrons. The molecule has 5 heterocycles. The highest BCUT2D eigenvalue weighted by Gasteiger charge is 2.75. The first-order valence-electron chi connectivity index (χ1n) is 18.6. The number of rotatable bonds is 5. The van der Waals surface area contributed by atoms with Gasteiger partial charge in [-0.25, -0.2) is 0 Å². The number of fused-ring (bicyclic) bond motifs is 5. The number of nitro benzene ring substituents is 2. The molecule has 0 aromatic heterocycles. The molecule has 5 atom stereocenters. The van der Waals surface area contributed by atoms with Crippen LogP contribution >= 0.6 is 0 Å². The highest BCUT2D eigenvalue weighted by atomic mass is 16.6. The Hall–Kier alpha value is -6.58. The number of Topliss-reactive ketones (excluding diaryl/α,β-unsaturated/α-hetero) is 1. The van der Waals surface area contributed by atoms with Gasteiger partial charge in [-0.15, -0.1) is 0 Å². The summed E-state index contributed by atoms with van der Waals surface area (Å²) in [7, 11) is 3.54. The molecule has 3 spiro atoms. The molecule has 0 unspecified atom stereocenters. The topological polar surface area (TPSA) is 188 Å². The second kappa shape index (κ2) is 12.7. The molecule has 4 aromatic rings. The Bertz CT molecular complexity index is 2500. The van der Waals surface area contributed by atoms with Crippen LogP contribution in [0.2, 0.25) is 0 Å². The lowest BCUT2D eigenvalue weighted by Crippen LogP contribution is -2.67. The number of hydrogen-bond acceptors (Lipinski definition) is 10. The second-order valence-electron chi connectivity index (χ2n) is 15.5. The molecule has 0 aliphatic carbocycles. The average Bonchev–Trinajstić information content (AvgIpc) is 3.89. The van der Waals surface area contributed by atoms with Crippen molar-refractivity contribution in [1.29, 1.82) is 0 Å². The van der Waals surface area contributed by atoms with Crippen molar-refractivity contribution in [2.45, 2.75) is 23.4 Å². The number of piperidine rings is 1. The van der Waals surface area contributed by atoms with E-state index >= 15 is 9.59 Å². The molecule has 15 nitrogen and oxygen atoms in total. The van der Waals surface area contributed by atoms with Crippen molar-refractivity contribution in [3.8, 4) is 0 Å². The number of carbonyl (C=O) groups excluding carboxylic acids is 4. The number of hydrogen-bond donors (Lipinski definition) is 2. The second-order valence-corrected chi connectivity index (χ2v) is 15.5. The van der Waals surface area contributed by atoms with E-state index in [0.717, 1.165) is 0 Å². The van der Waals surface area contributed by atoms with Gasteiger partial charge >= 0.3 is 0 Å². The van der Waals surface area contributed by atoms with Gasteiger partial charge < -0.3 is 15.5 Å². The number of likely N-dealkylation sites (N-methyl/N-ethyl adjacent to an activating group) is 2. The molecule has 0 saturated carbocycles. The van der Waals surface area contributed by atoms with Gasteiger partial charge in [-0.3, -0.25) is 49.2 Å². The van der Waals surface area contributed by atoms with Crippen molar-refractivity contribution in [3.05, 3.63) is 145 Å². The summed E-state index contributed by atoms with van der Waals surface area (Å²) in [5.74, 6) is -3.46. The quantitative estimate of drug-likeness (QED) is 0.164. The minimum atomic E-state index is -1.79. The summed E-state index contributed by atoms with van der Waals surface area (Å²) in [4.78, 5) is 88.6. The van der Waals surface area contributed by atoms with E-state index in [1.165, 1.54) is 36.4 Å². The molecule has 9 rings (SSSR count). The third-order valence-electron chi connectivity index (χ3n) is 13.0. The molecule has 57 heavy (non-hydrogen) atoms. The van der Waals surface area contributed by atoms with Gasteiger partial charge in [-0.1, -0.05) is 60.7 Å². The standard InChI is InChI=1S/C42H37N7O8/c1-45-18-17-32(41(45)30-13-3-5-15-34(30)43-38(41)52)37(51)47-22-27(19-25-9-7-11-28(20-25)48(54)55)36(50)40(24-47)33(26-10-8-12-29(21-26)49(56)57)23-46(2)42(40)31-14-4-6-16-35(31)44-39(42)53/h3-16,19-21,32-33H,17-18,22-24H2,1-2H3,(H,43,52)(H,44,53)/b27-19+/t32-,33-,40+,41-,42+/m0/s1. The number of para-hydroxylation sites is 2. The van der Waals surface area contributed by atoms with Crippen molar-refractivity contribution in [3.63, 3.8) is 0 Å². The molecular weight excluding hydrogens is 731 g/mol. The van der Waals surface area contributed by atoms with Crippen LogP contribution in [0.25, 0.3) is 6.08 Å². The van der Waals surface area contributed by atoms with Crippen LogP contribution in [0.15, 0.2) is 103 Å². The van der Waals surface area contributed by atoms with Gasteiger partial charge in [-0.05, 0) is 49.9 Å². The largest absolute Gasteiger partial charge is 0.337 e. The van der Waals surface area contributed by atoms with E-state index in [2.05, 4.69) is 10.6 Å². The summed E-state index contributed by atoms with van der Waals surface area (Å²) in [6.07, 6.45) is 1.85. The van der Waals surface area contributed by atoms with Crippen LogP contribution in [0.1, 0.15) is 34.6 Å². The molecule has 3 saturated heterocycles. The first-order valence-corrected chi connectivity index (χ1v) is 18.6. The number of carbonyl (C=O) groups is 4. The zero-order chi connectivity index (χ0) is 40.0. The minimum Gasteiger partial charge on any atom is -0.337 e. The van der Waals surface area contributed by atoms with Crippen LogP contribution in [-0.2, 0) is 30.3 Å². The van der Waals surface area contributed by atoms with Crippen LogP contribution in [0.5, 0.6) is 0 Å². The molecule has 0 radical (unpaired) electrons. The van der Waals surface area contributed by atoms with Gasteiger partial charge in [0.05, 0.1) is 21.2 Å². The van der Waals surface area contributed by atoms with Gasteiger partial charge in [0.1, 0.15) is 11.1 Å². The summed E-state index contributed by atoms with van der Waals surface area (Å²) >= 11 is 0. The Balaban J connectivity index is 1.29. The monoisotopic (exact) mass is 767 g/mol. The van der Waals surface area contributed by atoms with Crippen molar-refractivity contribution < 1.29 is 29.0 Å². The van der Waals surface area contributed by atoms with Crippen LogP contribution in [0.4, 0.5) is 22.7 Å². The van der Waals surface area contributed by atoms with E-state index in [4.69, 9.17) is 0 Å². The summed E-state index contributed by atoms with van der Waals surface area (Å²) in [5, 5.41) is 29.9. The van der Waals surface area contributed by atoms with Crippen molar-refractivity contribution in [2.24, 2.45) is 11.3 Å². The molecule has 2 N–H and O–H groups in total. The maximum atomic E-state index is 15.9. The molecule has 0 bridgehead atoms. The first-order chi connectivity index (χ1) is 27.3. The zero-order valence-electron chi connectivity index (χ0n) is 31.0. The Kier molecular flexibility index (Phi) is 8.06. The fourth-order valence-electron chi connectivity index (χ4n) is 10.7. The fraction of sp³-hybridized carbons (Fsp3) is 0.286. The molecule has 3 amide bonds. The third-order valence-corrected chi connectivity index (χ3v) is 13.0. The Labute approximate surface area is 326 Å². The van der Waals surface area contributed by atoms with E-state index < -0.39 is 55.8 Å². The summed E-state index contributed by atoms with van der Waals surface area (Å²) < 4.78 is 0. The van der Waals surface area contributed by atoms with E-state index in [9.17, 15) is 29.8 Å². The molecule has 5 aliphatic heterocycles. The Morgan fingerprint density at radius 3 is 2.14 bits per heavy atom. The number of nitro groups is 2. The minimum absolute atomic E-state index is 0.104. The number of non-ortho nitro benzene ring substituents is 2. The maximum Gasteiger partial charge on any atom is 0.270 e. The lowest BCUT2D eigenvalue weighted by molar-refractivity contribution is -0.385. The molecular formula is C42H37N7O8. The van der Waals surface area contributed by atoms with E-state index in [1.54, 1.807) is 65.4 Å². The van der Waals surface area contributed by atoms with Gasteiger partial charge in [0, 0.05) is 84.4 Å². The normalized spacial score (nSPS) is 28.6. The van der Waals surface area contributed by atoms with Crippen molar-refractivity contribution in [1.82, 2.24) is 14.7 Å². The molecule has 15 heteroatoms. The summed E-state index contributed by atoms with van der Waals surface area (Å²) in [6, 6.07) is 26.1. The number of anilines is 2. The number of likely N-dealkylation sites (tertiary alicyclic amines) is 3. The predicted octanol–water partition coefficient (Wildman–Crippen LogP) is 4.66. The van der Waals surface area contributed by atoms with Crippen LogP contribution in [0, 0.1) is 31.6 Å². The van der Waals surface area contributed by atoms with Crippen molar-refractivity contribution >= 4 is 52.3 Å². The van der Waals surface area contributed by atoms with Gasteiger partial charge in [-0.2, -0.15) is 0 Å². The predicted molar refractivity (Wildman–Crippen MR) is 208 cm³/mol. The molecule has 4 aromatic carbocycles. The third kappa shape index (κ3) is 4.78. The van der Waals surface area contributed by atoms with E-state index in [0.29, 0.717) is 46.6 Å². The Morgan fingerprint density at radius 1 is 0.789 bits per heavy atom. The van der Waals surface area contributed by atoms with Crippen LogP contribution < -0.4 is 10.6 Å². The van der Waals surface area contributed by atoms with E-state index in [-0.39, 0.29) is 42.5 Å². The number of benzene rings is 4. The van der Waals surface area contributed by atoms with Gasteiger partial charge in [0.15, 0.2) is 5.78 Å². The maximum absolute atomic E-state index is 15.9. The molecule has 5 aliphatic rings. The van der Waals surface area contributed by atoms with E-state index in [1.807, 2.05) is 30.1 Å². The van der Waals surface area contributed by atoms with Gasteiger partial charge in [0.2, 0.25) is 11.8 Å². The fourth-order valence-corrected chi connectivity index (χ4v) is 10.7. The Morgan fingerprint density at radius 2 is 1.42 bits per heavy atom. The smallest absolute Gasteiger partial charge is 0.270 e. The number of amides is 3. The lowest BCUT2D eigenvalue weighted by Gasteiger charge is -2.52. The molecule has 3 fully saturated rings. The van der Waals surface area contributed by atoms with Crippen LogP contribution in [0.3, 0.4) is 0 Å².